The van der Waals surface area contributed by atoms with Crippen molar-refractivity contribution in [3.8, 4) is 0 Å². The number of hydrogen-bond donors (Lipinski definition) is 0. The minimum atomic E-state index is -0.467. The molecule has 126 valence electrons. The molecular formula is C18H22BNO4. The molecule has 0 N–H and O–H groups in total. The van der Waals surface area contributed by atoms with Crippen molar-refractivity contribution in [2.24, 2.45) is 0 Å². The molecule has 0 spiro atoms. The summed E-state index contributed by atoms with van der Waals surface area (Å²) in [5.41, 5.74) is 0.948. The fourth-order valence-corrected chi connectivity index (χ4v) is 2.77. The van der Waals surface area contributed by atoms with E-state index in [-0.39, 0.29) is 18.4 Å². The van der Waals surface area contributed by atoms with Crippen molar-refractivity contribution in [3.05, 3.63) is 46.9 Å². The van der Waals surface area contributed by atoms with Crippen LogP contribution >= 0.6 is 0 Å². The fraction of sp³-hybridized carbons (Fsp3) is 0.444. The molecule has 0 saturated carbocycles. The maximum atomic E-state index is 12.4. The number of amides is 2. The van der Waals surface area contributed by atoms with Gasteiger partial charge in [0.25, 0.3) is 11.8 Å². The Bertz CT molecular complexity index is 687. The zero-order valence-corrected chi connectivity index (χ0v) is 14.8. The highest BCUT2D eigenvalue weighted by molar-refractivity contribution is 6.54. The molecule has 6 heteroatoms. The standard InChI is InChI=1S/C18H22BNO4/c1-12(19-23-17(2,3)18(4,5)24-19)10-11-20-15(21)13-8-6-7-9-14(13)16(20)22/h6-10H,11H2,1-5H3/b12-10-. The summed E-state index contributed by atoms with van der Waals surface area (Å²) in [4.78, 5) is 26.0. The van der Waals surface area contributed by atoms with Crippen LogP contribution in [-0.2, 0) is 9.31 Å². The van der Waals surface area contributed by atoms with Crippen LogP contribution in [0.5, 0.6) is 0 Å². The third kappa shape index (κ3) is 2.60. The summed E-state index contributed by atoms with van der Waals surface area (Å²) >= 11 is 0. The van der Waals surface area contributed by atoms with E-state index >= 15 is 0 Å². The first-order chi connectivity index (χ1) is 11.1. The molecule has 1 saturated heterocycles. The average Bonchev–Trinajstić information content (AvgIpc) is 2.88. The lowest BCUT2D eigenvalue weighted by atomic mass is 9.79. The summed E-state index contributed by atoms with van der Waals surface area (Å²) in [6, 6.07) is 6.89. The number of fused-ring (bicyclic) bond motifs is 1. The maximum absolute atomic E-state index is 12.4. The van der Waals surface area contributed by atoms with Gasteiger partial charge in [0.2, 0.25) is 0 Å². The van der Waals surface area contributed by atoms with Gasteiger partial charge in [0.05, 0.1) is 22.3 Å². The Morgan fingerprint density at radius 2 is 1.50 bits per heavy atom. The van der Waals surface area contributed by atoms with Crippen LogP contribution in [0.4, 0.5) is 0 Å². The van der Waals surface area contributed by atoms with Crippen molar-refractivity contribution >= 4 is 18.9 Å². The minimum Gasteiger partial charge on any atom is -0.400 e. The number of imide groups is 1. The van der Waals surface area contributed by atoms with E-state index in [9.17, 15) is 9.59 Å². The normalized spacial score (nSPS) is 22.3. The molecule has 2 aliphatic heterocycles. The van der Waals surface area contributed by atoms with Crippen molar-refractivity contribution in [3.63, 3.8) is 0 Å². The molecule has 2 amide bonds. The summed E-state index contributed by atoms with van der Waals surface area (Å²) in [5.74, 6) is -0.512. The van der Waals surface area contributed by atoms with E-state index in [1.54, 1.807) is 24.3 Å². The second-order valence-electron chi connectivity index (χ2n) is 7.30. The third-order valence-electron chi connectivity index (χ3n) is 5.10. The number of hydrogen-bond acceptors (Lipinski definition) is 4. The molecule has 2 heterocycles. The van der Waals surface area contributed by atoms with Gasteiger partial charge in [0.15, 0.2) is 0 Å². The quantitative estimate of drug-likeness (QED) is 0.633. The first-order valence-electron chi connectivity index (χ1n) is 8.11. The molecule has 0 radical (unpaired) electrons. The van der Waals surface area contributed by atoms with Gasteiger partial charge in [-0.2, -0.15) is 0 Å². The summed E-state index contributed by atoms with van der Waals surface area (Å²) in [5, 5.41) is 0. The number of carbonyl (C=O) groups is 2. The van der Waals surface area contributed by atoms with Gasteiger partial charge >= 0.3 is 7.12 Å². The van der Waals surface area contributed by atoms with Crippen LogP contribution in [0.25, 0.3) is 0 Å². The number of nitrogens with zero attached hydrogens (tertiary/aromatic N) is 1. The van der Waals surface area contributed by atoms with E-state index in [0.717, 1.165) is 5.47 Å². The van der Waals surface area contributed by atoms with Crippen LogP contribution in [0, 0.1) is 0 Å². The molecule has 0 atom stereocenters. The van der Waals surface area contributed by atoms with E-state index in [4.69, 9.17) is 9.31 Å². The van der Waals surface area contributed by atoms with Gasteiger partial charge < -0.3 is 9.31 Å². The molecule has 1 fully saturated rings. The molecular weight excluding hydrogens is 305 g/mol. The number of allylic oxidation sites excluding steroid dienone is 1. The Morgan fingerprint density at radius 1 is 1.04 bits per heavy atom. The summed E-state index contributed by atoms with van der Waals surface area (Å²) in [6.45, 7) is 10.1. The van der Waals surface area contributed by atoms with Crippen LogP contribution in [0.2, 0.25) is 0 Å². The van der Waals surface area contributed by atoms with Crippen LogP contribution < -0.4 is 0 Å². The third-order valence-corrected chi connectivity index (χ3v) is 5.10. The van der Waals surface area contributed by atoms with Crippen LogP contribution in [0.1, 0.15) is 55.3 Å². The smallest absolute Gasteiger partial charge is 0.400 e. The van der Waals surface area contributed by atoms with E-state index in [1.807, 2.05) is 40.7 Å². The maximum Gasteiger partial charge on any atom is 0.490 e. The van der Waals surface area contributed by atoms with Gasteiger partial charge in [-0.05, 0) is 52.2 Å². The molecule has 1 aromatic rings. The lowest BCUT2D eigenvalue weighted by molar-refractivity contribution is 0.00578. The second kappa shape index (κ2) is 5.57. The molecule has 1 aromatic carbocycles. The zero-order chi connectivity index (χ0) is 17.7. The Balaban J connectivity index is 1.73. The van der Waals surface area contributed by atoms with E-state index in [0.29, 0.717) is 11.1 Å². The van der Waals surface area contributed by atoms with Crippen LogP contribution in [0.15, 0.2) is 35.8 Å². The first kappa shape index (κ1) is 16.9. The number of benzene rings is 1. The average molecular weight is 327 g/mol. The lowest BCUT2D eigenvalue weighted by Crippen LogP contribution is -2.41. The molecule has 0 unspecified atom stereocenters. The summed E-state index contributed by atoms with van der Waals surface area (Å²) < 4.78 is 12.0. The molecule has 0 aliphatic carbocycles. The SMILES string of the molecule is C/C(=C/CN1C(=O)c2ccccc2C1=O)B1OC(C)(C)C(C)(C)O1. The summed E-state index contributed by atoms with van der Waals surface area (Å²) in [6.07, 6.45) is 1.82. The predicted octanol–water partition coefficient (Wildman–Crippen LogP) is 2.86. The first-order valence-corrected chi connectivity index (χ1v) is 8.11. The Hall–Kier alpha value is -1.92. The Morgan fingerprint density at radius 3 is 1.96 bits per heavy atom. The second-order valence-corrected chi connectivity index (χ2v) is 7.30. The molecule has 0 bridgehead atoms. The van der Waals surface area contributed by atoms with Crippen molar-refractivity contribution in [2.75, 3.05) is 6.54 Å². The zero-order valence-electron chi connectivity index (χ0n) is 14.8. The van der Waals surface area contributed by atoms with Crippen molar-refractivity contribution in [1.29, 1.82) is 0 Å². The largest absolute Gasteiger partial charge is 0.490 e. The molecule has 3 rings (SSSR count). The molecule has 0 aromatic heterocycles. The molecule has 2 aliphatic rings. The molecule has 24 heavy (non-hydrogen) atoms. The van der Waals surface area contributed by atoms with E-state index < -0.39 is 18.3 Å². The van der Waals surface area contributed by atoms with Crippen LogP contribution in [-0.4, -0.2) is 41.6 Å². The van der Waals surface area contributed by atoms with Crippen molar-refractivity contribution in [1.82, 2.24) is 4.90 Å². The predicted molar refractivity (Wildman–Crippen MR) is 91.6 cm³/mol. The van der Waals surface area contributed by atoms with Crippen LogP contribution in [0.3, 0.4) is 0 Å². The van der Waals surface area contributed by atoms with Gasteiger partial charge in [0.1, 0.15) is 0 Å². The Kier molecular flexibility index (Phi) is 3.93. The molecule has 5 nitrogen and oxygen atoms in total. The highest BCUT2D eigenvalue weighted by atomic mass is 16.7. The lowest BCUT2D eigenvalue weighted by Gasteiger charge is -2.32. The van der Waals surface area contributed by atoms with Crippen molar-refractivity contribution in [2.45, 2.75) is 45.8 Å². The van der Waals surface area contributed by atoms with E-state index in [1.165, 1.54) is 4.90 Å². The highest BCUT2D eigenvalue weighted by Crippen LogP contribution is 2.38. The van der Waals surface area contributed by atoms with Gasteiger partial charge in [0, 0.05) is 6.54 Å². The van der Waals surface area contributed by atoms with Gasteiger partial charge in [-0.1, -0.05) is 18.2 Å². The Labute approximate surface area is 142 Å². The van der Waals surface area contributed by atoms with Crippen molar-refractivity contribution < 1.29 is 18.9 Å². The van der Waals surface area contributed by atoms with Gasteiger partial charge in [-0.15, -0.1) is 0 Å². The minimum absolute atomic E-state index is 0.211. The number of carbonyl (C=O) groups excluding carboxylic acids is 2. The van der Waals surface area contributed by atoms with E-state index in [2.05, 4.69) is 0 Å². The fourth-order valence-electron chi connectivity index (χ4n) is 2.77. The topological polar surface area (TPSA) is 55.8 Å². The monoisotopic (exact) mass is 327 g/mol. The summed E-state index contributed by atoms with van der Waals surface area (Å²) in [7, 11) is -0.467. The van der Waals surface area contributed by atoms with Gasteiger partial charge in [-0.25, -0.2) is 0 Å². The number of rotatable bonds is 3. The van der Waals surface area contributed by atoms with Gasteiger partial charge in [-0.3, -0.25) is 14.5 Å². The highest BCUT2D eigenvalue weighted by Gasteiger charge is 2.51.